The molecule has 0 radical (unpaired) electrons. The van der Waals surface area contributed by atoms with Crippen LogP contribution in [-0.4, -0.2) is 35.7 Å². The van der Waals surface area contributed by atoms with Crippen LogP contribution < -0.4 is 5.32 Å². The van der Waals surface area contributed by atoms with Crippen LogP contribution in [0.15, 0.2) is 30.3 Å². The van der Waals surface area contributed by atoms with Gasteiger partial charge >= 0.3 is 5.97 Å². The van der Waals surface area contributed by atoms with E-state index in [1.807, 2.05) is 44.2 Å². The fourth-order valence-electron chi connectivity index (χ4n) is 3.53. The molecule has 0 amide bonds. The molecule has 2 aromatic rings. The van der Waals surface area contributed by atoms with Gasteiger partial charge in [-0.1, -0.05) is 37.3 Å². The van der Waals surface area contributed by atoms with Crippen molar-refractivity contribution in [3.8, 4) is 11.1 Å². The molecule has 1 unspecified atom stereocenters. The van der Waals surface area contributed by atoms with Crippen LogP contribution in [0.2, 0.25) is 0 Å². The fourth-order valence-corrected chi connectivity index (χ4v) is 4.93. The van der Waals surface area contributed by atoms with E-state index in [1.165, 1.54) is 6.42 Å². The molecule has 1 aliphatic heterocycles. The highest BCUT2D eigenvalue weighted by atomic mass is 32.1. The smallest absolute Gasteiger partial charge is 0.341 e. The molecule has 6 heteroatoms. The number of hydrogen-bond acceptors (Lipinski definition) is 4. The summed E-state index contributed by atoms with van der Waals surface area (Å²) < 4.78 is 5.36. The van der Waals surface area contributed by atoms with Crippen molar-refractivity contribution in [3.05, 3.63) is 40.8 Å². The van der Waals surface area contributed by atoms with Gasteiger partial charge in [0.05, 0.1) is 6.61 Å². The average Bonchev–Trinajstić information content (AvgIpc) is 2.98. The number of carbonyl (C=O) groups is 1. The molecule has 3 rings (SSSR count). The number of carbonyl (C=O) groups excluding carboxylic acids is 1. The van der Waals surface area contributed by atoms with Crippen molar-refractivity contribution in [3.63, 3.8) is 0 Å². The Bertz CT molecular complexity index is 817. The summed E-state index contributed by atoms with van der Waals surface area (Å²) in [5.74, 6) is 0.325. The molecule has 27 heavy (non-hydrogen) atoms. The number of ether oxygens (including phenoxy) is 1. The van der Waals surface area contributed by atoms with Gasteiger partial charge in [0.25, 0.3) is 0 Å². The molecule has 1 aromatic carbocycles. The zero-order valence-electron chi connectivity index (χ0n) is 16.1. The van der Waals surface area contributed by atoms with Crippen molar-refractivity contribution < 1.29 is 9.53 Å². The second kappa shape index (κ2) is 8.85. The topological polar surface area (TPSA) is 41.6 Å². The van der Waals surface area contributed by atoms with Gasteiger partial charge in [0, 0.05) is 23.5 Å². The van der Waals surface area contributed by atoms with Crippen LogP contribution in [0.25, 0.3) is 11.1 Å². The maximum atomic E-state index is 12.8. The number of aryl methyl sites for hydroxylation is 1. The molecule has 0 bridgehead atoms. The molecule has 0 aliphatic carbocycles. The van der Waals surface area contributed by atoms with Gasteiger partial charge in [-0.3, -0.25) is 0 Å². The molecule has 0 saturated carbocycles. The largest absolute Gasteiger partial charge is 0.462 e. The minimum Gasteiger partial charge on any atom is -0.462 e. The minimum atomic E-state index is -0.307. The maximum Gasteiger partial charge on any atom is 0.341 e. The van der Waals surface area contributed by atoms with Crippen LogP contribution in [0.3, 0.4) is 0 Å². The Hall–Kier alpha value is -1.92. The van der Waals surface area contributed by atoms with Crippen molar-refractivity contribution in [2.75, 3.05) is 25.0 Å². The standard InChI is InChI=1S/C21H26N2O2S2/c1-4-25-20(24)18-17(16-10-6-5-7-11-16)15(3)27-19(18)22-21(26)23-12-8-9-14(2)13-23/h5-7,10-11,14H,4,8-9,12-13H2,1-3H3,(H,22,26). The second-order valence-electron chi connectivity index (χ2n) is 6.95. The van der Waals surface area contributed by atoms with Gasteiger partial charge in [0.2, 0.25) is 0 Å². The predicted molar refractivity (Wildman–Crippen MR) is 117 cm³/mol. The monoisotopic (exact) mass is 402 g/mol. The van der Waals surface area contributed by atoms with Crippen molar-refractivity contribution in [1.29, 1.82) is 0 Å². The first-order valence-corrected chi connectivity index (χ1v) is 10.7. The molecule has 144 valence electrons. The van der Waals surface area contributed by atoms with Crippen LogP contribution in [0.4, 0.5) is 5.00 Å². The molecule has 0 spiro atoms. The number of nitrogens with zero attached hydrogens (tertiary/aromatic N) is 1. The van der Waals surface area contributed by atoms with Crippen molar-refractivity contribution >= 4 is 39.6 Å². The summed E-state index contributed by atoms with van der Waals surface area (Å²) >= 11 is 7.22. The highest BCUT2D eigenvalue weighted by Crippen LogP contribution is 2.40. The summed E-state index contributed by atoms with van der Waals surface area (Å²) in [6.45, 7) is 8.37. The van der Waals surface area contributed by atoms with Crippen LogP contribution in [0.1, 0.15) is 41.9 Å². The highest BCUT2D eigenvalue weighted by molar-refractivity contribution is 7.80. The predicted octanol–water partition coefficient (Wildman–Crippen LogP) is 5.33. The van der Waals surface area contributed by atoms with Crippen LogP contribution in [-0.2, 0) is 4.74 Å². The fraction of sp³-hybridized carbons (Fsp3) is 0.429. The van der Waals surface area contributed by atoms with E-state index >= 15 is 0 Å². The average molecular weight is 403 g/mol. The van der Waals surface area contributed by atoms with E-state index in [9.17, 15) is 4.79 Å². The summed E-state index contributed by atoms with van der Waals surface area (Å²) in [4.78, 5) is 16.0. The molecular weight excluding hydrogens is 376 g/mol. The zero-order valence-corrected chi connectivity index (χ0v) is 17.7. The Morgan fingerprint density at radius 1 is 1.37 bits per heavy atom. The van der Waals surface area contributed by atoms with E-state index in [1.54, 1.807) is 11.3 Å². The van der Waals surface area contributed by atoms with Gasteiger partial charge < -0.3 is 15.0 Å². The lowest BCUT2D eigenvalue weighted by atomic mass is 10.0. The van der Waals surface area contributed by atoms with E-state index in [-0.39, 0.29) is 5.97 Å². The van der Waals surface area contributed by atoms with Crippen LogP contribution >= 0.6 is 23.6 Å². The van der Waals surface area contributed by atoms with E-state index in [4.69, 9.17) is 17.0 Å². The lowest BCUT2D eigenvalue weighted by Crippen LogP contribution is -2.41. The zero-order chi connectivity index (χ0) is 19.4. The number of benzene rings is 1. The van der Waals surface area contributed by atoms with E-state index in [2.05, 4.69) is 17.1 Å². The van der Waals surface area contributed by atoms with E-state index < -0.39 is 0 Å². The minimum absolute atomic E-state index is 0.307. The van der Waals surface area contributed by atoms with Gasteiger partial charge in [0.15, 0.2) is 5.11 Å². The van der Waals surface area contributed by atoms with Crippen LogP contribution in [0.5, 0.6) is 0 Å². The van der Waals surface area contributed by atoms with E-state index in [0.717, 1.165) is 40.5 Å². The number of nitrogens with one attached hydrogen (secondary N) is 1. The van der Waals surface area contributed by atoms with E-state index in [0.29, 0.717) is 23.2 Å². The third kappa shape index (κ3) is 4.50. The Balaban J connectivity index is 1.95. The van der Waals surface area contributed by atoms with Crippen LogP contribution in [0, 0.1) is 12.8 Å². The summed E-state index contributed by atoms with van der Waals surface area (Å²) in [6.07, 6.45) is 2.38. The summed E-state index contributed by atoms with van der Waals surface area (Å²) in [5.41, 5.74) is 2.52. The lowest BCUT2D eigenvalue weighted by molar-refractivity contribution is 0.0529. The first-order valence-electron chi connectivity index (χ1n) is 9.43. The Morgan fingerprint density at radius 3 is 2.78 bits per heavy atom. The molecule has 1 fully saturated rings. The van der Waals surface area contributed by atoms with Gasteiger partial charge in [-0.15, -0.1) is 11.3 Å². The SMILES string of the molecule is CCOC(=O)c1c(NC(=S)N2CCCC(C)C2)sc(C)c1-c1ccccc1. The summed E-state index contributed by atoms with van der Waals surface area (Å²) in [6, 6.07) is 9.97. The van der Waals surface area contributed by atoms with Crippen molar-refractivity contribution in [1.82, 2.24) is 4.90 Å². The molecular formula is C21H26N2O2S2. The molecule has 1 aliphatic rings. The molecule has 2 heterocycles. The van der Waals surface area contributed by atoms with Crippen molar-refractivity contribution in [2.45, 2.75) is 33.6 Å². The van der Waals surface area contributed by atoms with Gasteiger partial charge in [-0.05, 0) is 50.4 Å². The first-order chi connectivity index (χ1) is 13.0. The number of hydrogen-bond donors (Lipinski definition) is 1. The number of thiocarbonyl (C=S) groups is 1. The molecule has 1 aromatic heterocycles. The second-order valence-corrected chi connectivity index (χ2v) is 8.56. The summed E-state index contributed by atoms with van der Waals surface area (Å²) in [7, 11) is 0. The molecule has 1 saturated heterocycles. The number of anilines is 1. The molecule has 4 nitrogen and oxygen atoms in total. The number of rotatable bonds is 4. The maximum absolute atomic E-state index is 12.8. The first kappa shape index (κ1) is 19.8. The third-order valence-electron chi connectivity index (χ3n) is 4.79. The quantitative estimate of drug-likeness (QED) is 0.553. The van der Waals surface area contributed by atoms with Gasteiger partial charge in [-0.2, -0.15) is 0 Å². The summed E-state index contributed by atoms with van der Waals surface area (Å²) in [5, 5.41) is 4.81. The van der Waals surface area contributed by atoms with Gasteiger partial charge in [-0.25, -0.2) is 4.79 Å². The molecule has 1 atom stereocenters. The Morgan fingerprint density at radius 2 is 2.11 bits per heavy atom. The number of thiophene rings is 1. The Kier molecular flexibility index (Phi) is 6.50. The highest BCUT2D eigenvalue weighted by Gasteiger charge is 2.26. The Labute approximate surface area is 170 Å². The van der Waals surface area contributed by atoms with Crippen molar-refractivity contribution in [2.24, 2.45) is 5.92 Å². The third-order valence-corrected chi connectivity index (χ3v) is 6.17. The number of likely N-dealkylation sites (tertiary alicyclic amines) is 1. The molecule has 1 N–H and O–H groups in total. The normalized spacial score (nSPS) is 16.9. The van der Waals surface area contributed by atoms with Gasteiger partial charge in [0.1, 0.15) is 10.6 Å². The lowest BCUT2D eigenvalue weighted by Gasteiger charge is -2.33. The number of esters is 1. The number of piperidine rings is 1.